The first-order valence-corrected chi connectivity index (χ1v) is 6.32. The molecule has 1 aromatic heterocycles. The summed E-state index contributed by atoms with van der Waals surface area (Å²) in [5.74, 6) is 0. The van der Waals surface area contributed by atoms with Crippen molar-refractivity contribution in [2.45, 2.75) is 19.3 Å². The highest BCUT2D eigenvalue weighted by Gasteiger charge is 2.21. The van der Waals surface area contributed by atoms with Crippen LogP contribution in [0.4, 0.5) is 0 Å². The molecule has 16 heavy (non-hydrogen) atoms. The summed E-state index contributed by atoms with van der Waals surface area (Å²) < 4.78 is 3.34. The van der Waals surface area contributed by atoms with Crippen LogP contribution in [0.1, 0.15) is 24.1 Å². The highest BCUT2D eigenvalue weighted by molar-refractivity contribution is 9.10. The van der Waals surface area contributed by atoms with E-state index in [-0.39, 0.29) is 0 Å². The fourth-order valence-corrected chi connectivity index (χ4v) is 3.00. The van der Waals surface area contributed by atoms with Gasteiger partial charge >= 0.3 is 0 Å². The maximum Gasteiger partial charge on any atom is 0.0498 e. The van der Waals surface area contributed by atoms with Gasteiger partial charge in [0.2, 0.25) is 0 Å². The van der Waals surface area contributed by atoms with Gasteiger partial charge in [-0.2, -0.15) is 0 Å². The molecular weight excluding hydrogens is 264 g/mol. The van der Waals surface area contributed by atoms with Crippen LogP contribution < -0.4 is 0 Å². The maximum atomic E-state index is 8.09. The van der Waals surface area contributed by atoms with Crippen molar-refractivity contribution in [2.75, 3.05) is 0 Å². The molecule has 0 radical (unpaired) electrons. The van der Waals surface area contributed by atoms with E-state index in [1.54, 1.807) is 0 Å². The molecule has 0 atom stereocenters. The Morgan fingerprint density at radius 2 is 2.12 bits per heavy atom. The lowest BCUT2D eigenvalue weighted by Gasteiger charge is -2.14. The number of rotatable bonds is 0. The van der Waals surface area contributed by atoms with Gasteiger partial charge in [-0.15, -0.1) is 0 Å². The Hall–Kier alpha value is -1.09. The van der Waals surface area contributed by atoms with Crippen LogP contribution >= 0.6 is 15.9 Å². The summed E-state index contributed by atoms with van der Waals surface area (Å²) >= 11 is 3.51. The SMILES string of the molecule is Cn1c2c(c3ccc(Br)cc31)C(=N)CCC2. The van der Waals surface area contributed by atoms with Gasteiger partial charge in [0, 0.05) is 39.4 Å². The minimum atomic E-state index is 0.800. The lowest BCUT2D eigenvalue weighted by Crippen LogP contribution is -2.11. The van der Waals surface area contributed by atoms with Crippen molar-refractivity contribution in [2.24, 2.45) is 7.05 Å². The standard InChI is InChI=1S/C13H13BrN2/c1-16-11-4-2-3-10(15)13(11)9-6-5-8(14)7-12(9)16/h5-7,15H,2-4H2,1H3. The van der Waals surface area contributed by atoms with Crippen LogP contribution in [-0.4, -0.2) is 10.3 Å². The van der Waals surface area contributed by atoms with Crippen LogP contribution in [-0.2, 0) is 13.5 Å². The van der Waals surface area contributed by atoms with Gasteiger partial charge in [0.15, 0.2) is 0 Å². The molecule has 0 spiro atoms. The second-order valence-electron chi connectivity index (χ2n) is 4.37. The zero-order valence-electron chi connectivity index (χ0n) is 9.18. The van der Waals surface area contributed by atoms with E-state index in [4.69, 9.17) is 5.41 Å². The third-order valence-electron chi connectivity index (χ3n) is 3.43. The monoisotopic (exact) mass is 276 g/mol. The van der Waals surface area contributed by atoms with E-state index in [0.29, 0.717) is 0 Å². The Morgan fingerprint density at radius 3 is 2.94 bits per heavy atom. The molecule has 0 saturated carbocycles. The van der Waals surface area contributed by atoms with Crippen LogP contribution in [0.5, 0.6) is 0 Å². The van der Waals surface area contributed by atoms with E-state index in [9.17, 15) is 0 Å². The molecule has 0 aliphatic heterocycles. The number of fused-ring (bicyclic) bond motifs is 3. The summed E-state index contributed by atoms with van der Waals surface area (Å²) in [7, 11) is 2.10. The topological polar surface area (TPSA) is 28.8 Å². The normalized spacial score (nSPS) is 15.5. The summed E-state index contributed by atoms with van der Waals surface area (Å²) in [5.41, 5.74) is 4.53. The average Bonchev–Trinajstić information content (AvgIpc) is 2.55. The van der Waals surface area contributed by atoms with E-state index < -0.39 is 0 Å². The summed E-state index contributed by atoms with van der Waals surface area (Å²) in [6.45, 7) is 0. The van der Waals surface area contributed by atoms with Gasteiger partial charge < -0.3 is 9.98 Å². The van der Waals surface area contributed by atoms with Crippen LogP contribution in [0, 0.1) is 5.41 Å². The van der Waals surface area contributed by atoms with Crippen LogP contribution in [0.3, 0.4) is 0 Å². The van der Waals surface area contributed by atoms with Gasteiger partial charge in [0.25, 0.3) is 0 Å². The molecule has 0 fully saturated rings. The summed E-state index contributed by atoms with van der Waals surface area (Å²) in [5, 5.41) is 9.32. The lowest BCUT2D eigenvalue weighted by atomic mass is 9.94. The molecule has 3 rings (SSSR count). The van der Waals surface area contributed by atoms with Gasteiger partial charge in [-0.05, 0) is 31.4 Å². The van der Waals surface area contributed by atoms with Gasteiger partial charge in [0.05, 0.1) is 0 Å². The van der Waals surface area contributed by atoms with Gasteiger partial charge in [-0.1, -0.05) is 22.0 Å². The maximum absolute atomic E-state index is 8.09. The number of hydrogen-bond acceptors (Lipinski definition) is 1. The fraction of sp³-hybridized carbons (Fsp3) is 0.308. The largest absolute Gasteiger partial charge is 0.347 e. The molecule has 0 saturated heterocycles. The van der Waals surface area contributed by atoms with Gasteiger partial charge in [-0.3, -0.25) is 0 Å². The molecule has 0 amide bonds. The molecule has 1 heterocycles. The van der Waals surface area contributed by atoms with E-state index in [1.807, 2.05) is 0 Å². The average molecular weight is 277 g/mol. The third-order valence-corrected chi connectivity index (χ3v) is 3.92. The van der Waals surface area contributed by atoms with E-state index in [0.717, 1.165) is 29.4 Å². The second-order valence-corrected chi connectivity index (χ2v) is 5.29. The number of aromatic nitrogens is 1. The second kappa shape index (κ2) is 3.45. The summed E-state index contributed by atoms with van der Waals surface area (Å²) in [6, 6.07) is 6.32. The van der Waals surface area contributed by atoms with E-state index >= 15 is 0 Å². The molecule has 0 bridgehead atoms. The molecule has 1 aliphatic carbocycles. The summed E-state index contributed by atoms with van der Waals surface area (Å²) in [4.78, 5) is 0. The van der Waals surface area contributed by atoms with Crippen molar-refractivity contribution < 1.29 is 0 Å². The Morgan fingerprint density at radius 1 is 1.31 bits per heavy atom. The highest BCUT2D eigenvalue weighted by Crippen LogP contribution is 2.32. The number of hydrogen-bond donors (Lipinski definition) is 1. The van der Waals surface area contributed by atoms with Crippen molar-refractivity contribution in [1.82, 2.24) is 4.57 Å². The predicted molar refractivity (Wildman–Crippen MR) is 70.4 cm³/mol. The van der Waals surface area contributed by atoms with Crippen molar-refractivity contribution >= 4 is 32.5 Å². The van der Waals surface area contributed by atoms with Crippen LogP contribution in [0.25, 0.3) is 10.9 Å². The molecule has 2 aromatic rings. The molecule has 82 valence electrons. The first-order valence-electron chi connectivity index (χ1n) is 5.53. The number of halogens is 1. The highest BCUT2D eigenvalue weighted by atomic mass is 79.9. The van der Waals surface area contributed by atoms with Crippen molar-refractivity contribution in [3.05, 3.63) is 33.9 Å². The summed E-state index contributed by atoms with van der Waals surface area (Å²) in [6.07, 6.45) is 3.12. The first kappa shape index (κ1) is 10.1. The van der Waals surface area contributed by atoms with Gasteiger partial charge in [0.1, 0.15) is 0 Å². The lowest BCUT2D eigenvalue weighted by molar-refractivity contribution is 0.758. The van der Waals surface area contributed by atoms with E-state index in [2.05, 4.69) is 45.7 Å². The van der Waals surface area contributed by atoms with Crippen molar-refractivity contribution in [1.29, 1.82) is 5.41 Å². The zero-order valence-corrected chi connectivity index (χ0v) is 10.8. The molecule has 1 aliphatic rings. The molecule has 2 nitrogen and oxygen atoms in total. The number of benzene rings is 1. The van der Waals surface area contributed by atoms with Crippen LogP contribution in [0.15, 0.2) is 22.7 Å². The number of aryl methyl sites for hydroxylation is 1. The Labute approximate surface area is 103 Å². The molecule has 1 N–H and O–H groups in total. The molecular formula is C13H13BrN2. The minimum absolute atomic E-state index is 0.800. The van der Waals surface area contributed by atoms with Gasteiger partial charge in [-0.25, -0.2) is 0 Å². The van der Waals surface area contributed by atoms with E-state index in [1.165, 1.54) is 22.2 Å². The van der Waals surface area contributed by atoms with Crippen LogP contribution in [0.2, 0.25) is 0 Å². The minimum Gasteiger partial charge on any atom is -0.347 e. The van der Waals surface area contributed by atoms with Crippen molar-refractivity contribution in [3.63, 3.8) is 0 Å². The fourth-order valence-electron chi connectivity index (χ4n) is 2.65. The third kappa shape index (κ3) is 1.27. The number of nitrogens with one attached hydrogen (secondary N) is 1. The molecule has 1 aromatic carbocycles. The Kier molecular flexibility index (Phi) is 2.18. The Balaban J connectivity index is 2.44. The zero-order chi connectivity index (χ0) is 11.3. The number of nitrogens with zero attached hydrogens (tertiary/aromatic N) is 1. The van der Waals surface area contributed by atoms with Crippen molar-refractivity contribution in [3.8, 4) is 0 Å². The Bertz CT molecular complexity index is 595. The quantitative estimate of drug-likeness (QED) is 0.761. The first-order chi connectivity index (χ1) is 7.68. The molecule has 0 unspecified atom stereocenters. The predicted octanol–water partition coefficient (Wildman–Crippen LogP) is 3.64. The molecule has 3 heteroatoms. The smallest absolute Gasteiger partial charge is 0.0498 e.